The minimum atomic E-state index is -1.32. The summed E-state index contributed by atoms with van der Waals surface area (Å²) in [4.78, 5) is 96.5. The molecule has 3 aromatic carbocycles. The van der Waals surface area contributed by atoms with Gasteiger partial charge in [0.05, 0.1) is 12.6 Å². The number of nitrogens with one attached hydrogen (secondary N) is 6. The molecule has 0 saturated carbocycles. The van der Waals surface area contributed by atoms with E-state index < -0.39 is 84.2 Å². The SMILES string of the molecule is CCCC[C@H](NC(=O)[C@H](Cc1ccccc1)NC(=O)CNC(=O)[C@@H](C)NC(=O)[C@@H](N)Cc1ccc(O)cc1)C(=O)N[C@@H](CCCN=C(N)N)C(=O)N[C@@H](Cc1ccccc1)C(=O)O. The Morgan fingerprint density at radius 2 is 1.10 bits per heavy atom. The van der Waals surface area contributed by atoms with Gasteiger partial charge in [0.25, 0.3) is 0 Å². The number of amides is 6. The highest BCUT2D eigenvalue weighted by atomic mass is 16.4. The van der Waals surface area contributed by atoms with Crippen LogP contribution in [-0.4, -0.2) is 107 Å². The van der Waals surface area contributed by atoms with Crippen LogP contribution in [0.15, 0.2) is 89.9 Å². The predicted molar refractivity (Wildman–Crippen MR) is 235 cm³/mol. The number of aromatic hydroxyl groups is 1. The number of hydrogen-bond donors (Lipinski definition) is 11. The minimum absolute atomic E-state index is 0.00761. The van der Waals surface area contributed by atoms with Crippen molar-refractivity contribution in [1.82, 2.24) is 31.9 Å². The zero-order valence-electron chi connectivity index (χ0n) is 35.5. The van der Waals surface area contributed by atoms with Crippen LogP contribution in [0, 0.1) is 0 Å². The Labute approximate surface area is 366 Å². The second kappa shape index (κ2) is 26.3. The molecule has 6 amide bonds. The van der Waals surface area contributed by atoms with E-state index in [1.54, 1.807) is 72.8 Å². The smallest absolute Gasteiger partial charge is 0.326 e. The van der Waals surface area contributed by atoms with E-state index in [2.05, 4.69) is 36.9 Å². The highest BCUT2D eigenvalue weighted by Crippen LogP contribution is 2.12. The summed E-state index contributed by atoms with van der Waals surface area (Å²) in [5, 5.41) is 34.9. The molecule has 0 aromatic heterocycles. The number of carbonyl (C=O) groups excluding carboxylic acids is 6. The molecule has 0 radical (unpaired) electrons. The third kappa shape index (κ3) is 18.6. The van der Waals surface area contributed by atoms with Crippen LogP contribution >= 0.6 is 0 Å². The highest BCUT2D eigenvalue weighted by Gasteiger charge is 2.32. The lowest BCUT2D eigenvalue weighted by molar-refractivity contribution is -0.142. The summed E-state index contributed by atoms with van der Waals surface area (Å²) in [5.74, 6) is -5.63. The fourth-order valence-electron chi connectivity index (χ4n) is 6.31. The fourth-order valence-corrected chi connectivity index (χ4v) is 6.31. The van der Waals surface area contributed by atoms with E-state index in [9.17, 15) is 43.8 Å². The molecule has 3 aromatic rings. The zero-order valence-corrected chi connectivity index (χ0v) is 35.5. The first-order valence-electron chi connectivity index (χ1n) is 20.7. The number of nitrogens with zero attached hydrogens (tertiary/aromatic N) is 1. The monoisotopic (exact) mass is 872 g/mol. The largest absolute Gasteiger partial charge is 0.508 e. The molecule has 340 valence electrons. The van der Waals surface area contributed by atoms with Gasteiger partial charge < -0.3 is 59.3 Å². The van der Waals surface area contributed by atoms with Gasteiger partial charge >= 0.3 is 5.97 Å². The van der Waals surface area contributed by atoms with E-state index >= 15 is 0 Å². The molecule has 3 rings (SSSR count). The van der Waals surface area contributed by atoms with Crippen LogP contribution in [0.2, 0.25) is 0 Å². The predicted octanol–water partition coefficient (Wildman–Crippen LogP) is -0.364. The molecule has 0 spiro atoms. The number of unbranched alkanes of at least 4 members (excludes halogenated alkanes) is 1. The normalized spacial score (nSPS) is 13.6. The van der Waals surface area contributed by atoms with E-state index in [4.69, 9.17) is 17.2 Å². The number of rotatable bonds is 26. The van der Waals surface area contributed by atoms with Crippen molar-refractivity contribution in [2.24, 2.45) is 22.2 Å². The fraction of sp³-hybridized carbons (Fsp3) is 0.409. The van der Waals surface area contributed by atoms with E-state index in [0.29, 0.717) is 29.5 Å². The van der Waals surface area contributed by atoms with Gasteiger partial charge in [-0.3, -0.25) is 33.8 Å². The second-order valence-corrected chi connectivity index (χ2v) is 15.0. The Morgan fingerprint density at radius 3 is 1.62 bits per heavy atom. The molecule has 0 aliphatic rings. The molecule has 0 saturated heterocycles. The van der Waals surface area contributed by atoms with E-state index in [-0.39, 0.29) is 56.8 Å². The molecular weight excluding hydrogens is 813 g/mol. The summed E-state index contributed by atoms with van der Waals surface area (Å²) >= 11 is 0. The van der Waals surface area contributed by atoms with Crippen molar-refractivity contribution in [1.29, 1.82) is 0 Å². The summed E-state index contributed by atoms with van der Waals surface area (Å²) in [7, 11) is 0. The van der Waals surface area contributed by atoms with Gasteiger partial charge in [-0.2, -0.15) is 0 Å². The van der Waals surface area contributed by atoms with Gasteiger partial charge in [0.15, 0.2) is 5.96 Å². The average Bonchev–Trinajstić information content (AvgIpc) is 3.25. The lowest BCUT2D eigenvalue weighted by Crippen LogP contribution is -2.58. The highest BCUT2D eigenvalue weighted by molar-refractivity contribution is 5.96. The molecule has 0 bridgehead atoms. The number of benzene rings is 3. The maximum absolute atomic E-state index is 14.0. The van der Waals surface area contributed by atoms with Crippen molar-refractivity contribution < 1.29 is 43.8 Å². The molecule has 0 unspecified atom stereocenters. The molecular formula is C44H60N10O9. The first-order chi connectivity index (χ1) is 30.1. The molecule has 0 aliphatic carbocycles. The van der Waals surface area contributed by atoms with E-state index in [1.807, 2.05) is 6.92 Å². The van der Waals surface area contributed by atoms with Gasteiger partial charge in [0.2, 0.25) is 35.4 Å². The zero-order chi connectivity index (χ0) is 46.3. The van der Waals surface area contributed by atoms with E-state index in [1.165, 1.54) is 19.1 Å². The quantitative estimate of drug-likeness (QED) is 0.0280. The summed E-state index contributed by atoms with van der Waals surface area (Å²) in [6.07, 6.45) is 1.70. The van der Waals surface area contributed by atoms with E-state index in [0.717, 1.165) is 0 Å². The van der Waals surface area contributed by atoms with Crippen LogP contribution in [0.25, 0.3) is 0 Å². The number of carboxylic acids is 1. The van der Waals surface area contributed by atoms with Crippen molar-refractivity contribution in [2.75, 3.05) is 13.1 Å². The molecule has 19 heteroatoms. The topological polar surface area (TPSA) is 323 Å². The Hall–Kier alpha value is -7.02. The van der Waals surface area contributed by atoms with Gasteiger partial charge in [0, 0.05) is 19.4 Å². The number of aliphatic imine (C=N–C) groups is 1. The Morgan fingerprint density at radius 1 is 0.603 bits per heavy atom. The molecule has 19 nitrogen and oxygen atoms in total. The van der Waals surface area contributed by atoms with Crippen LogP contribution in [-0.2, 0) is 52.8 Å². The number of phenols is 1. The number of carbonyl (C=O) groups is 7. The summed E-state index contributed by atoms with van der Waals surface area (Å²) in [6, 6.07) is 16.6. The first-order valence-corrected chi connectivity index (χ1v) is 20.7. The van der Waals surface area contributed by atoms with Crippen LogP contribution in [0.1, 0.15) is 62.6 Å². The molecule has 6 atom stereocenters. The number of guanidine groups is 1. The first kappa shape index (κ1) is 50.3. The summed E-state index contributed by atoms with van der Waals surface area (Å²) in [5.41, 5.74) is 19.0. The minimum Gasteiger partial charge on any atom is -0.508 e. The lowest BCUT2D eigenvalue weighted by atomic mass is 10.0. The van der Waals surface area contributed by atoms with Crippen molar-refractivity contribution >= 4 is 47.4 Å². The maximum Gasteiger partial charge on any atom is 0.326 e. The molecule has 0 aliphatic heterocycles. The van der Waals surface area contributed by atoms with Gasteiger partial charge in [-0.05, 0) is 61.4 Å². The lowest BCUT2D eigenvalue weighted by Gasteiger charge is -2.26. The number of aliphatic carboxylic acids is 1. The van der Waals surface area contributed by atoms with Crippen molar-refractivity contribution in [3.05, 3.63) is 102 Å². The Kier molecular flexibility index (Phi) is 21.0. The van der Waals surface area contributed by atoms with Crippen LogP contribution in [0.4, 0.5) is 0 Å². The average molecular weight is 873 g/mol. The number of phenolic OH excluding ortho intramolecular Hbond substituents is 1. The van der Waals surface area contributed by atoms with Gasteiger partial charge in [0.1, 0.15) is 36.0 Å². The van der Waals surface area contributed by atoms with Gasteiger partial charge in [-0.15, -0.1) is 0 Å². The molecule has 0 heterocycles. The van der Waals surface area contributed by atoms with Crippen molar-refractivity contribution in [3.8, 4) is 5.75 Å². The van der Waals surface area contributed by atoms with Crippen molar-refractivity contribution in [2.45, 2.75) is 101 Å². The summed E-state index contributed by atoms with van der Waals surface area (Å²) in [6.45, 7) is 2.87. The number of nitrogens with two attached hydrogens (primary N) is 3. The molecule has 63 heavy (non-hydrogen) atoms. The van der Waals surface area contributed by atoms with Crippen molar-refractivity contribution in [3.63, 3.8) is 0 Å². The van der Waals surface area contributed by atoms with Gasteiger partial charge in [-0.25, -0.2) is 4.79 Å². The van der Waals surface area contributed by atoms with Crippen LogP contribution in [0.3, 0.4) is 0 Å². The Bertz CT molecular complexity index is 2000. The second-order valence-electron chi connectivity index (χ2n) is 15.0. The third-order valence-corrected chi connectivity index (χ3v) is 9.79. The number of carboxylic acid groups (broad SMARTS) is 1. The van der Waals surface area contributed by atoms with Crippen LogP contribution in [0.5, 0.6) is 5.75 Å². The van der Waals surface area contributed by atoms with Gasteiger partial charge in [-0.1, -0.05) is 92.6 Å². The maximum atomic E-state index is 14.0. The third-order valence-electron chi connectivity index (χ3n) is 9.79. The standard InChI is InChI=1S/C44H60N10O9/c1-3-4-16-33(40(59)52-34(17-11-22-48-44(46)47)41(60)54-36(43(62)63)25-29-14-9-6-10-15-29)53-42(61)35(24-28-12-7-5-8-13-28)51-37(56)26-49-38(57)27(2)50-39(58)32(45)23-30-18-20-31(55)21-19-30/h5-10,12-15,18-21,27,32-36,55H,3-4,11,16-17,22-26,45H2,1-2H3,(H,49,57)(H,50,58)(H,51,56)(H,52,59)(H,53,61)(H,54,60)(H,62,63)(H4,46,47,48)/t27-,32+,33+,34+,35+,36+/m1/s1. The van der Waals surface area contributed by atoms with Crippen LogP contribution < -0.4 is 49.1 Å². The number of hydrogen-bond acceptors (Lipinski definition) is 10. The summed E-state index contributed by atoms with van der Waals surface area (Å²) < 4.78 is 0. The molecule has 0 fully saturated rings. The Balaban J connectivity index is 1.71. The molecule has 14 N–H and O–H groups in total.